The summed E-state index contributed by atoms with van der Waals surface area (Å²) in [5, 5.41) is 4.14. The van der Waals surface area contributed by atoms with Gasteiger partial charge in [-0.05, 0) is 34.0 Å². The van der Waals surface area contributed by atoms with Crippen LogP contribution in [0.15, 0.2) is 41.1 Å². The number of hydrogen-bond acceptors (Lipinski definition) is 2. The lowest BCUT2D eigenvalue weighted by atomic mass is 9.98. The second kappa shape index (κ2) is 4.62. The quantitative estimate of drug-likeness (QED) is 0.720. The van der Waals surface area contributed by atoms with E-state index in [2.05, 4.69) is 11.4 Å². The Morgan fingerprint density at radius 3 is 2.62 bits per heavy atom. The smallest absolute Gasteiger partial charge is 0.165 e. The van der Waals surface area contributed by atoms with Crippen LogP contribution in [0.1, 0.15) is 24.2 Å². The summed E-state index contributed by atoms with van der Waals surface area (Å²) < 4.78 is 0. The van der Waals surface area contributed by atoms with Crippen molar-refractivity contribution < 1.29 is 4.79 Å². The van der Waals surface area contributed by atoms with Crippen LogP contribution in [-0.4, -0.2) is 5.78 Å². The summed E-state index contributed by atoms with van der Waals surface area (Å²) in [5.74, 6) is 0.259. The topological polar surface area (TPSA) is 17.1 Å². The molecule has 82 valence electrons. The second-order valence-corrected chi connectivity index (χ2v) is 4.89. The summed E-state index contributed by atoms with van der Waals surface area (Å²) in [6.07, 6.45) is 0. The molecule has 0 fully saturated rings. The summed E-state index contributed by atoms with van der Waals surface area (Å²) in [7, 11) is 0. The molecule has 0 amide bonds. The van der Waals surface area contributed by atoms with E-state index in [0.29, 0.717) is 0 Å². The molecule has 1 heterocycles. The Morgan fingerprint density at radius 2 is 2.00 bits per heavy atom. The van der Waals surface area contributed by atoms with E-state index in [1.54, 1.807) is 11.3 Å². The van der Waals surface area contributed by atoms with Crippen LogP contribution in [-0.2, 0) is 0 Å². The molecule has 16 heavy (non-hydrogen) atoms. The number of hydrogen-bond donors (Lipinski definition) is 0. The maximum atomic E-state index is 11.9. The van der Waals surface area contributed by atoms with Crippen LogP contribution in [0.5, 0.6) is 0 Å². The summed E-state index contributed by atoms with van der Waals surface area (Å²) >= 11 is 1.67. The first-order valence-corrected chi connectivity index (χ1v) is 6.29. The minimum absolute atomic E-state index is 0.0534. The van der Waals surface area contributed by atoms with Crippen LogP contribution in [0.3, 0.4) is 0 Å². The summed E-state index contributed by atoms with van der Waals surface area (Å²) in [6.45, 7) is 3.86. The molecule has 0 saturated carbocycles. The maximum absolute atomic E-state index is 11.9. The Labute approximate surface area is 99.8 Å². The van der Waals surface area contributed by atoms with Crippen molar-refractivity contribution in [1.29, 1.82) is 0 Å². The molecule has 1 nitrogen and oxygen atoms in total. The molecule has 0 N–H and O–H groups in total. The average molecular weight is 230 g/mol. The number of Topliss-reactive ketones (excluding diaryl/α,β-unsaturated/α-hetero) is 1. The van der Waals surface area contributed by atoms with Crippen LogP contribution in [0.25, 0.3) is 11.1 Å². The third kappa shape index (κ3) is 2.22. The Balaban J connectivity index is 2.37. The number of thiophene rings is 1. The van der Waals surface area contributed by atoms with Crippen LogP contribution in [0, 0.1) is 5.92 Å². The van der Waals surface area contributed by atoms with Gasteiger partial charge in [-0.1, -0.05) is 32.0 Å². The first-order chi connectivity index (χ1) is 7.68. The van der Waals surface area contributed by atoms with Gasteiger partial charge in [0.25, 0.3) is 0 Å². The molecule has 2 heteroatoms. The van der Waals surface area contributed by atoms with E-state index >= 15 is 0 Å². The molecule has 0 unspecified atom stereocenters. The highest BCUT2D eigenvalue weighted by Gasteiger charge is 2.10. The first kappa shape index (κ1) is 11.1. The van der Waals surface area contributed by atoms with E-state index < -0.39 is 0 Å². The highest BCUT2D eigenvalue weighted by atomic mass is 32.1. The normalized spacial score (nSPS) is 10.7. The minimum atomic E-state index is 0.0534. The van der Waals surface area contributed by atoms with Gasteiger partial charge in [0.05, 0.1) is 0 Å². The molecule has 0 aliphatic heterocycles. The van der Waals surface area contributed by atoms with Gasteiger partial charge in [-0.2, -0.15) is 11.3 Å². The van der Waals surface area contributed by atoms with Gasteiger partial charge in [-0.15, -0.1) is 0 Å². The highest BCUT2D eigenvalue weighted by Crippen LogP contribution is 2.23. The van der Waals surface area contributed by atoms with Gasteiger partial charge in [-0.25, -0.2) is 0 Å². The predicted molar refractivity (Wildman–Crippen MR) is 68.9 cm³/mol. The van der Waals surface area contributed by atoms with Crippen molar-refractivity contribution in [1.82, 2.24) is 0 Å². The zero-order valence-corrected chi connectivity index (χ0v) is 10.3. The molecule has 1 aromatic heterocycles. The molecule has 0 aliphatic rings. The standard InChI is InChI=1S/C14H14OS/c1-10(2)14(15)12-5-3-4-11(8-12)13-6-7-16-9-13/h3-10H,1-2H3. The monoisotopic (exact) mass is 230 g/mol. The van der Waals surface area contributed by atoms with E-state index in [0.717, 1.165) is 11.1 Å². The number of rotatable bonds is 3. The second-order valence-electron chi connectivity index (χ2n) is 4.11. The van der Waals surface area contributed by atoms with E-state index in [4.69, 9.17) is 0 Å². The number of carbonyl (C=O) groups is 1. The van der Waals surface area contributed by atoms with Gasteiger partial charge in [-0.3, -0.25) is 4.79 Å². The van der Waals surface area contributed by atoms with Gasteiger partial charge in [0.1, 0.15) is 0 Å². The van der Waals surface area contributed by atoms with Gasteiger partial charge in [0, 0.05) is 11.5 Å². The lowest BCUT2D eigenvalue weighted by Crippen LogP contribution is -2.07. The molecule has 0 atom stereocenters. The third-order valence-electron chi connectivity index (χ3n) is 2.53. The van der Waals surface area contributed by atoms with Crippen LogP contribution in [0.4, 0.5) is 0 Å². The van der Waals surface area contributed by atoms with Crippen molar-refractivity contribution in [2.75, 3.05) is 0 Å². The summed E-state index contributed by atoms with van der Waals surface area (Å²) in [5.41, 5.74) is 3.11. The fraction of sp³-hybridized carbons (Fsp3) is 0.214. The third-order valence-corrected chi connectivity index (χ3v) is 3.21. The van der Waals surface area contributed by atoms with Crippen LogP contribution < -0.4 is 0 Å². The molecular formula is C14H14OS. The molecule has 0 radical (unpaired) electrons. The van der Waals surface area contributed by atoms with E-state index in [-0.39, 0.29) is 11.7 Å². The zero-order chi connectivity index (χ0) is 11.5. The predicted octanol–water partition coefficient (Wildman–Crippen LogP) is 4.25. The van der Waals surface area contributed by atoms with Gasteiger partial charge >= 0.3 is 0 Å². The van der Waals surface area contributed by atoms with E-state index in [1.165, 1.54) is 5.56 Å². The fourth-order valence-corrected chi connectivity index (χ4v) is 2.28. The van der Waals surface area contributed by atoms with Crippen molar-refractivity contribution in [3.63, 3.8) is 0 Å². The van der Waals surface area contributed by atoms with Gasteiger partial charge < -0.3 is 0 Å². The molecule has 0 saturated heterocycles. The van der Waals surface area contributed by atoms with Gasteiger partial charge in [0.2, 0.25) is 0 Å². The molecule has 0 spiro atoms. The van der Waals surface area contributed by atoms with Crippen LogP contribution >= 0.6 is 11.3 Å². The Morgan fingerprint density at radius 1 is 1.19 bits per heavy atom. The SMILES string of the molecule is CC(C)C(=O)c1cccc(-c2ccsc2)c1. The number of ketones is 1. The van der Waals surface area contributed by atoms with E-state index in [9.17, 15) is 4.79 Å². The summed E-state index contributed by atoms with van der Waals surface area (Å²) in [4.78, 5) is 11.9. The lowest BCUT2D eigenvalue weighted by Gasteiger charge is -2.05. The highest BCUT2D eigenvalue weighted by molar-refractivity contribution is 7.08. The van der Waals surface area contributed by atoms with Crippen LogP contribution in [0.2, 0.25) is 0 Å². The molecule has 0 bridgehead atoms. The minimum Gasteiger partial charge on any atom is -0.294 e. The van der Waals surface area contributed by atoms with Crippen molar-refractivity contribution in [3.05, 3.63) is 46.7 Å². The number of benzene rings is 1. The van der Waals surface area contributed by atoms with E-state index in [1.807, 2.05) is 43.5 Å². The summed E-state index contributed by atoms with van der Waals surface area (Å²) in [6, 6.07) is 9.92. The zero-order valence-electron chi connectivity index (χ0n) is 9.44. The molecular weight excluding hydrogens is 216 g/mol. The van der Waals surface area contributed by atoms with Crippen molar-refractivity contribution in [2.45, 2.75) is 13.8 Å². The molecule has 1 aromatic carbocycles. The van der Waals surface area contributed by atoms with Crippen molar-refractivity contribution in [2.24, 2.45) is 5.92 Å². The average Bonchev–Trinajstić information content (AvgIpc) is 2.81. The first-order valence-electron chi connectivity index (χ1n) is 5.35. The van der Waals surface area contributed by atoms with Gasteiger partial charge in [0.15, 0.2) is 5.78 Å². The molecule has 2 rings (SSSR count). The molecule has 0 aliphatic carbocycles. The number of carbonyl (C=O) groups excluding carboxylic acids is 1. The maximum Gasteiger partial charge on any atom is 0.165 e. The van der Waals surface area contributed by atoms with Crippen molar-refractivity contribution in [3.8, 4) is 11.1 Å². The Hall–Kier alpha value is -1.41. The molecule has 2 aromatic rings. The fourth-order valence-electron chi connectivity index (χ4n) is 1.61. The lowest BCUT2D eigenvalue weighted by molar-refractivity contribution is 0.0939. The Bertz CT molecular complexity index is 483. The van der Waals surface area contributed by atoms with Crippen molar-refractivity contribution >= 4 is 17.1 Å². The Kier molecular flexibility index (Phi) is 3.20. The largest absolute Gasteiger partial charge is 0.294 e.